The van der Waals surface area contributed by atoms with Gasteiger partial charge in [0.2, 0.25) is 0 Å². The van der Waals surface area contributed by atoms with Crippen molar-refractivity contribution in [2.45, 2.75) is 79.0 Å². The van der Waals surface area contributed by atoms with Crippen LogP contribution in [0.3, 0.4) is 0 Å². The Labute approximate surface area is 118 Å². The van der Waals surface area contributed by atoms with Gasteiger partial charge in [-0.25, -0.2) is 0 Å². The Morgan fingerprint density at radius 3 is 1.47 bits per heavy atom. The number of hydrogen-bond acceptors (Lipinski definition) is 1. The Bertz CT molecular complexity index is 152. The Hall–Kier alpha value is 1.37. The van der Waals surface area contributed by atoms with Crippen molar-refractivity contribution in [1.29, 1.82) is 0 Å². The fourth-order valence-electron chi connectivity index (χ4n) is 2.82. The second-order valence-electron chi connectivity index (χ2n) is 5.40. The maximum absolute atomic E-state index is 2.49. The van der Waals surface area contributed by atoms with E-state index in [1.54, 1.807) is 19.4 Å². The monoisotopic (exact) mass is 382 g/mol. The van der Waals surface area contributed by atoms with Gasteiger partial charge in [-0.1, -0.05) is 0 Å². The second kappa shape index (κ2) is 9.30. The third-order valence-electron chi connectivity index (χ3n) is 5.22. The number of hydrogen-bond donors (Lipinski definition) is 0. The van der Waals surface area contributed by atoms with Gasteiger partial charge in [0.1, 0.15) is 0 Å². The fraction of sp³-hybridized carbons (Fsp3) is 1.00. The van der Waals surface area contributed by atoms with Crippen LogP contribution in [0.25, 0.3) is 0 Å². The molecule has 3 heteroatoms. The third kappa shape index (κ3) is 5.47. The summed E-state index contributed by atoms with van der Waals surface area (Å²) in [6, 6.07) is 6.12. The third-order valence-corrected chi connectivity index (χ3v) is 36.3. The molecule has 17 heavy (non-hydrogen) atoms. The first kappa shape index (κ1) is 18.4. The molecular weight excluding hydrogens is 347 g/mol. The van der Waals surface area contributed by atoms with E-state index in [-0.39, 0.29) is 0 Å². The Kier molecular flexibility index (Phi) is 10.0. The Morgan fingerprint density at radius 2 is 1.18 bits per heavy atom. The van der Waals surface area contributed by atoms with E-state index < -0.39 is 25.1 Å². The first-order valence-corrected chi connectivity index (χ1v) is 21.1. The van der Waals surface area contributed by atoms with Gasteiger partial charge in [0.05, 0.1) is 0 Å². The van der Waals surface area contributed by atoms with E-state index in [0.717, 1.165) is 0 Å². The van der Waals surface area contributed by atoms with Crippen LogP contribution in [-0.4, -0.2) is 30.8 Å². The number of rotatable bonds is 10. The SMILES string of the molecule is CC[Si](CC)(CC)CC[S][Sn]([CH2]C)([CH2]C)[CH2]C. The zero-order valence-electron chi connectivity index (χ0n) is 13.1. The zero-order chi connectivity index (χ0) is 13.4. The molecule has 0 atom stereocenters. The molecule has 0 radical (unpaired) electrons. The minimum absolute atomic E-state index is 0.843. The van der Waals surface area contributed by atoms with Crippen molar-refractivity contribution in [3.05, 3.63) is 0 Å². The molecule has 0 aliphatic heterocycles. The van der Waals surface area contributed by atoms with Gasteiger partial charge in [0.15, 0.2) is 0 Å². The molecule has 0 N–H and O–H groups in total. The van der Waals surface area contributed by atoms with Crippen molar-refractivity contribution >= 4 is 34.0 Å². The molecule has 0 bridgehead atoms. The van der Waals surface area contributed by atoms with E-state index in [1.165, 1.54) is 23.9 Å². The first-order chi connectivity index (χ1) is 8.07. The van der Waals surface area contributed by atoms with E-state index in [2.05, 4.69) is 50.5 Å². The molecule has 0 saturated heterocycles. The molecule has 0 fully saturated rings. The van der Waals surface area contributed by atoms with Crippen molar-refractivity contribution < 1.29 is 0 Å². The summed E-state index contributed by atoms with van der Waals surface area (Å²) in [5, 5.41) is 0. The molecule has 0 saturated carbocycles. The van der Waals surface area contributed by atoms with E-state index in [4.69, 9.17) is 0 Å². The van der Waals surface area contributed by atoms with Crippen molar-refractivity contribution in [3.8, 4) is 0 Å². The molecule has 0 aromatic rings. The topological polar surface area (TPSA) is 0 Å². The standard InChI is InChI=1S/C8H20SSi.3C2H5.Sn/c1-4-10(5-2,6-3)8-7-9;3*1-2;/h9H,4-8H2,1-3H3;3*1H2,2H3;/q;;;;+1/p-1. The molecule has 0 aromatic carbocycles. The van der Waals surface area contributed by atoms with Crippen LogP contribution in [0.2, 0.25) is 37.5 Å². The summed E-state index contributed by atoms with van der Waals surface area (Å²) in [5.41, 5.74) is 0. The summed E-state index contributed by atoms with van der Waals surface area (Å²) in [4.78, 5) is 0. The van der Waals surface area contributed by atoms with Crippen molar-refractivity contribution in [3.63, 3.8) is 0 Å². The molecule has 0 aromatic heterocycles. The van der Waals surface area contributed by atoms with Gasteiger partial charge >= 0.3 is 119 Å². The zero-order valence-corrected chi connectivity index (χ0v) is 17.7. The molecular formula is C14H34SSiSn. The van der Waals surface area contributed by atoms with E-state index >= 15 is 0 Å². The summed E-state index contributed by atoms with van der Waals surface area (Å²) in [7, 11) is 1.64. The molecule has 104 valence electrons. The second-order valence-corrected chi connectivity index (χ2v) is 32.8. The Balaban J connectivity index is 4.28. The molecule has 0 spiro atoms. The van der Waals surface area contributed by atoms with Gasteiger partial charge in [-0.2, -0.15) is 0 Å². The van der Waals surface area contributed by atoms with E-state index in [9.17, 15) is 0 Å². The maximum atomic E-state index is 2.49. The van der Waals surface area contributed by atoms with Gasteiger partial charge < -0.3 is 0 Å². The molecule has 0 rings (SSSR count). The summed E-state index contributed by atoms with van der Waals surface area (Å²) in [6.45, 7) is 14.7. The van der Waals surface area contributed by atoms with E-state index in [1.807, 2.05) is 0 Å². The van der Waals surface area contributed by atoms with Crippen molar-refractivity contribution in [2.75, 3.05) is 5.75 Å². The van der Waals surface area contributed by atoms with Crippen LogP contribution in [0.15, 0.2) is 0 Å². The quantitative estimate of drug-likeness (QED) is 0.404. The molecule has 0 nitrogen and oxygen atoms in total. The van der Waals surface area contributed by atoms with Crippen LogP contribution in [0.1, 0.15) is 41.5 Å². The van der Waals surface area contributed by atoms with E-state index in [0.29, 0.717) is 0 Å². The molecule has 0 aliphatic rings. The molecule has 0 heterocycles. The van der Waals surface area contributed by atoms with Gasteiger partial charge in [-0.05, 0) is 0 Å². The van der Waals surface area contributed by atoms with Gasteiger partial charge in [-0.15, -0.1) is 0 Å². The molecule has 0 aliphatic carbocycles. The van der Waals surface area contributed by atoms with Crippen LogP contribution < -0.4 is 0 Å². The predicted molar refractivity (Wildman–Crippen MR) is 91.7 cm³/mol. The molecule has 0 unspecified atom stereocenters. The minimum atomic E-state index is -1.68. The van der Waals surface area contributed by atoms with Crippen molar-refractivity contribution in [1.82, 2.24) is 0 Å². The molecule has 0 amide bonds. The van der Waals surface area contributed by atoms with Gasteiger partial charge in [0.25, 0.3) is 0 Å². The fourth-order valence-corrected chi connectivity index (χ4v) is 24.4. The Morgan fingerprint density at radius 1 is 0.765 bits per heavy atom. The van der Waals surface area contributed by atoms with Crippen LogP contribution in [-0.2, 0) is 0 Å². The summed E-state index contributed by atoms with van der Waals surface area (Å²) >= 11 is -1.68. The van der Waals surface area contributed by atoms with Gasteiger partial charge in [-0.3, -0.25) is 0 Å². The normalized spacial score (nSPS) is 13.1. The van der Waals surface area contributed by atoms with Crippen molar-refractivity contribution in [2.24, 2.45) is 0 Å². The van der Waals surface area contributed by atoms with Crippen LogP contribution >= 0.6 is 8.95 Å². The average molecular weight is 381 g/mol. The summed E-state index contributed by atoms with van der Waals surface area (Å²) in [5.74, 6) is 1.51. The van der Waals surface area contributed by atoms with Crippen LogP contribution in [0, 0.1) is 0 Å². The first-order valence-electron chi connectivity index (χ1n) is 7.71. The predicted octanol–water partition coefficient (Wildman–Crippen LogP) is 6.23. The van der Waals surface area contributed by atoms with Crippen LogP contribution in [0.4, 0.5) is 0 Å². The summed E-state index contributed by atoms with van der Waals surface area (Å²) < 4.78 is 4.64. The average Bonchev–Trinajstić information content (AvgIpc) is 2.41. The summed E-state index contributed by atoms with van der Waals surface area (Å²) in [6.07, 6.45) is 0. The van der Waals surface area contributed by atoms with Crippen LogP contribution in [0.5, 0.6) is 0 Å². The van der Waals surface area contributed by atoms with Gasteiger partial charge in [0, 0.05) is 0 Å².